The van der Waals surface area contributed by atoms with E-state index in [1.165, 1.54) is 283 Å². The lowest BCUT2D eigenvalue weighted by atomic mass is 10.0. The van der Waals surface area contributed by atoms with Crippen molar-refractivity contribution < 1.29 is 80.2 Å². The van der Waals surface area contributed by atoms with Gasteiger partial charge in [-0.1, -0.05) is 414 Å². The van der Waals surface area contributed by atoms with Crippen LogP contribution in [0.2, 0.25) is 0 Å². The number of hydrogen-bond acceptors (Lipinski definition) is 15. The minimum atomic E-state index is -4.97. The van der Waals surface area contributed by atoms with Gasteiger partial charge in [0.25, 0.3) is 0 Å². The van der Waals surface area contributed by atoms with Gasteiger partial charge in [-0.2, -0.15) is 0 Å². The number of esters is 4. The summed E-state index contributed by atoms with van der Waals surface area (Å²) in [6.45, 7) is 9.67. The Kier molecular flexibility index (Phi) is 76.9. The molecule has 19 heteroatoms. The van der Waals surface area contributed by atoms with Crippen LogP contribution in [0.25, 0.3) is 0 Å². The number of phosphoric acid groups is 2. The van der Waals surface area contributed by atoms with E-state index in [4.69, 9.17) is 37.0 Å². The number of rotatable bonds is 86. The second-order valence-electron chi connectivity index (χ2n) is 32.2. The van der Waals surface area contributed by atoms with Crippen molar-refractivity contribution >= 4 is 39.5 Å². The average molecular weight is 1550 g/mol. The fourth-order valence-corrected chi connectivity index (χ4v) is 15.2. The zero-order valence-electron chi connectivity index (χ0n) is 69.7. The lowest BCUT2D eigenvalue weighted by Gasteiger charge is -2.21. The molecular weight excluding hydrogens is 1380 g/mol. The van der Waals surface area contributed by atoms with Crippen LogP contribution < -0.4 is 0 Å². The van der Waals surface area contributed by atoms with Gasteiger partial charge >= 0.3 is 39.5 Å². The van der Waals surface area contributed by atoms with Crippen LogP contribution in [0.5, 0.6) is 0 Å². The van der Waals surface area contributed by atoms with E-state index >= 15 is 0 Å². The molecule has 0 rings (SSSR count). The van der Waals surface area contributed by atoms with Crippen LogP contribution in [-0.4, -0.2) is 96.7 Å². The molecule has 3 N–H and O–H groups in total. The molecule has 0 saturated heterocycles. The number of aliphatic hydroxyl groups excluding tert-OH is 1. The highest BCUT2D eigenvalue weighted by Crippen LogP contribution is 2.45. The molecule has 0 aromatic carbocycles. The first-order valence-corrected chi connectivity index (χ1v) is 48.0. The highest BCUT2D eigenvalue weighted by molar-refractivity contribution is 7.47. The van der Waals surface area contributed by atoms with E-state index in [2.05, 4.69) is 41.5 Å². The molecule has 5 atom stereocenters. The molecular formula is C87H170O17P2. The third kappa shape index (κ3) is 80.1. The van der Waals surface area contributed by atoms with E-state index in [1.54, 1.807) is 0 Å². The molecule has 0 spiro atoms. The summed E-state index contributed by atoms with van der Waals surface area (Å²) < 4.78 is 68.9. The Morgan fingerprint density at radius 2 is 0.434 bits per heavy atom. The van der Waals surface area contributed by atoms with Gasteiger partial charge in [0, 0.05) is 25.7 Å². The minimum Gasteiger partial charge on any atom is -0.462 e. The van der Waals surface area contributed by atoms with Gasteiger partial charge in [-0.3, -0.25) is 37.3 Å². The Hall–Kier alpha value is -1.94. The number of phosphoric ester groups is 2. The van der Waals surface area contributed by atoms with Crippen LogP contribution in [0.4, 0.5) is 0 Å². The molecule has 0 aromatic heterocycles. The molecule has 17 nitrogen and oxygen atoms in total. The van der Waals surface area contributed by atoms with E-state index in [0.717, 1.165) is 102 Å². The van der Waals surface area contributed by atoms with Crippen molar-refractivity contribution in [1.29, 1.82) is 0 Å². The van der Waals surface area contributed by atoms with Crippen LogP contribution in [0.1, 0.15) is 465 Å². The molecule has 0 aliphatic heterocycles. The quantitative estimate of drug-likeness (QED) is 0.0222. The normalized spacial score (nSPS) is 13.8. The average Bonchev–Trinajstić information content (AvgIpc) is 0.903. The molecule has 0 bridgehead atoms. The summed E-state index contributed by atoms with van der Waals surface area (Å²) in [5.74, 6) is -0.553. The van der Waals surface area contributed by atoms with Gasteiger partial charge in [0.15, 0.2) is 12.2 Å². The maximum atomic E-state index is 13.2. The number of hydrogen-bond donors (Lipinski definition) is 3. The first-order valence-electron chi connectivity index (χ1n) is 45.0. The van der Waals surface area contributed by atoms with E-state index < -0.39 is 97.5 Å². The summed E-state index contributed by atoms with van der Waals surface area (Å²) in [4.78, 5) is 73.2. The zero-order valence-corrected chi connectivity index (χ0v) is 71.5. The molecule has 0 heterocycles. The number of aliphatic hydroxyl groups is 1. The maximum Gasteiger partial charge on any atom is 0.472 e. The van der Waals surface area contributed by atoms with Crippen molar-refractivity contribution in [2.75, 3.05) is 39.6 Å². The molecule has 630 valence electrons. The van der Waals surface area contributed by atoms with Gasteiger partial charge in [0.1, 0.15) is 19.3 Å². The van der Waals surface area contributed by atoms with Crippen LogP contribution >= 0.6 is 15.6 Å². The van der Waals surface area contributed by atoms with Crippen molar-refractivity contribution in [3.8, 4) is 0 Å². The summed E-state index contributed by atoms with van der Waals surface area (Å²) in [7, 11) is -9.93. The summed E-state index contributed by atoms with van der Waals surface area (Å²) in [6.07, 6.45) is 71.0. The summed E-state index contributed by atoms with van der Waals surface area (Å²) >= 11 is 0. The second kappa shape index (κ2) is 78.3. The van der Waals surface area contributed by atoms with Crippen molar-refractivity contribution in [1.82, 2.24) is 0 Å². The van der Waals surface area contributed by atoms with E-state index in [1.807, 2.05) is 0 Å². The highest BCUT2D eigenvalue weighted by atomic mass is 31.2. The molecule has 2 unspecified atom stereocenters. The molecule has 0 aromatic rings. The SMILES string of the molecule is CCCCCCCCCCCCCCCCCCCCCCCCC(=O)O[C@H](COC(=O)CCCCCCCCCCCCCCCCCCCCC(C)C)COP(=O)(O)OC[C@@H](O)COP(=O)(O)OC[C@@H](COC(=O)CCCCCCCCCCC(C)C)OC(=O)CCCCCCCCCCCCCC. The first-order chi connectivity index (χ1) is 51.4. The molecule has 106 heavy (non-hydrogen) atoms. The molecule has 0 saturated carbocycles. The minimum absolute atomic E-state index is 0.107. The number of ether oxygens (including phenoxy) is 4. The van der Waals surface area contributed by atoms with Crippen molar-refractivity contribution in [3.05, 3.63) is 0 Å². The summed E-state index contributed by atoms with van der Waals surface area (Å²) in [5.41, 5.74) is 0. The third-order valence-corrected chi connectivity index (χ3v) is 22.4. The smallest absolute Gasteiger partial charge is 0.462 e. The summed E-state index contributed by atoms with van der Waals surface area (Å²) in [6, 6.07) is 0. The van der Waals surface area contributed by atoms with Crippen LogP contribution in [0, 0.1) is 11.8 Å². The maximum absolute atomic E-state index is 13.2. The molecule has 0 fully saturated rings. The standard InChI is InChI=1S/C87H170O17P2/c1-7-9-11-13-15-17-19-21-22-23-24-25-26-27-32-35-38-42-46-54-60-66-72-87(92)103-82(75-97-84(89)69-63-57-51-44-41-37-34-31-29-28-30-33-36-39-43-49-55-61-67-79(3)4)77-101-105(93,94)99-73-81(88)74-100-106(95,96)102-78-83(76-98-85(90)70-64-58-52-48-47-50-56-62-68-80(5)6)104-86(91)71-65-59-53-45-40-20-18-16-14-12-10-8-2/h79-83,88H,7-78H2,1-6H3,(H,93,94)(H,95,96)/t81-,82-,83-/m1/s1. The Balaban J connectivity index is 5.20. The lowest BCUT2D eigenvalue weighted by molar-refractivity contribution is -0.161. The largest absolute Gasteiger partial charge is 0.472 e. The van der Waals surface area contributed by atoms with Crippen LogP contribution in [-0.2, 0) is 65.4 Å². The highest BCUT2D eigenvalue weighted by Gasteiger charge is 2.30. The first kappa shape index (κ1) is 104. The van der Waals surface area contributed by atoms with Gasteiger partial charge in [-0.05, 0) is 37.5 Å². The predicted molar refractivity (Wildman–Crippen MR) is 437 cm³/mol. The monoisotopic (exact) mass is 1550 g/mol. The van der Waals surface area contributed by atoms with Gasteiger partial charge < -0.3 is 33.8 Å². The van der Waals surface area contributed by atoms with E-state index in [9.17, 15) is 43.2 Å². The summed E-state index contributed by atoms with van der Waals surface area (Å²) in [5, 5.41) is 10.7. The molecule has 0 amide bonds. The van der Waals surface area contributed by atoms with Gasteiger partial charge in [0.05, 0.1) is 26.4 Å². The lowest BCUT2D eigenvalue weighted by Crippen LogP contribution is -2.30. The third-order valence-electron chi connectivity index (χ3n) is 20.5. The van der Waals surface area contributed by atoms with Crippen LogP contribution in [0.3, 0.4) is 0 Å². The number of unbranched alkanes of at least 4 members (excludes halogenated alkanes) is 56. The fraction of sp³-hybridized carbons (Fsp3) is 0.954. The van der Waals surface area contributed by atoms with Crippen molar-refractivity contribution in [2.24, 2.45) is 11.8 Å². The van der Waals surface area contributed by atoms with Crippen molar-refractivity contribution in [3.63, 3.8) is 0 Å². The Bertz CT molecular complexity index is 2030. The molecule has 0 aliphatic carbocycles. The van der Waals surface area contributed by atoms with E-state index in [-0.39, 0.29) is 25.7 Å². The fourth-order valence-electron chi connectivity index (χ4n) is 13.6. The van der Waals surface area contributed by atoms with Gasteiger partial charge in [-0.25, -0.2) is 9.13 Å². The predicted octanol–water partition coefficient (Wildman–Crippen LogP) is 26.6. The Morgan fingerprint density at radius 1 is 0.255 bits per heavy atom. The number of carbonyl (C=O) groups excluding carboxylic acids is 4. The zero-order chi connectivity index (χ0) is 77.8. The Morgan fingerprint density at radius 3 is 0.642 bits per heavy atom. The second-order valence-corrected chi connectivity index (χ2v) is 35.1. The Labute approximate surface area is 651 Å². The molecule has 0 aliphatic rings. The van der Waals surface area contributed by atoms with Crippen LogP contribution in [0.15, 0.2) is 0 Å². The van der Waals surface area contributed by atoms with Gasteiger partial charge in [-0.15, -0.1) is 0 Å². The van der Waals surface area contributed by atoms with Gasteiger partial charge in [0.2, 0.25) is 0 Å². The molecule has 0 radical (unpaired) electrons. The van der Waals surface area contributed by atoms with Crippen molar-refractivity contribution in [2.45, 2.75) is 484 Å². The number of carbonyl (C=O) groups is 4. The van der Waals surface area contributed by atoms with E-state index in [0.29, 0.717) is 25.7 Å². The topological polar surface area (TPSA) is 237 Å².